The van der Waals surface area contributed by atoms with Gasteiger partial charge in [0.2, 0.25) is 5.91 Å². The Morgan fingerprint density at radius 2 is 2.06 bits per heavy atom. The Kier molecular flexibility index (Phi) is 5.42. The zero-order valence-electron chi connectivity index (χ0n) is 18.7. The number of amides is 1. The van der Waals surface area contributed by atoms with Gasteiger partial charge in [0, 0.05) is 47.4 Å². The maximum absolute atomic E-state index is 13.2. The van der Waals surface area contributed by atoms with Crippen LogP contribution in [0, 0.1) is 13.8 Å². The predicted octanol–water partition coefficient (Wildman–Crippen LogP) is 3.15. The van der Waals surface area contributed by atoms with Crippen LogP contribution in [0.4, 0.5) is 5.82 Å². The second-order valence-corrected chi connectivity index (χ2v) is 8.59. The van der Waals surface area contributed by atoms with Crippen molar-refractivity contribution in [2.45, 2.75) is 45.8 Å². The van der Waals surface area contributed by atoms with E-state index in [1.54, 1.807) is 23.2 Å². The fraction of sp³-hybridized carbons (Fsp3) is 0.280. The molecule has 1 aliphatic heterocycles. The van der Waals surface area contributed by atoms with E-state index in [9.17, 15) is 9.59 Å². The molecule has 1 amide bonds. The highest BCUT2D eigenvalue weighted by molar-refractivity contribution is 5.82. The van der Waals surface area contributed by atoms with Gasteiger partial charge >= 0.3 is 0 Å². The summed E-state index contributed by atoms with van der Waals surface area (Å²) in [4.78, 5) is 37.9. The number of fused-ring (bicyclic) bond motifs is 2. The van der Waals surface area contributed by atoms with E-state index < -0.39 is 6.04 Å². The quantitative estimate of drug-likeness (QED) is 0.426. The monoisotopic (exact) mass is 442 g/mol. The number of nitrogens with one attached hydrogen (secondary N) is 3. The summed E-state index contributed by atoms with van der Waals surface area (Å²) in [6.07, 6.45) is 6.44. The average molecular weight is 443 g/mol. The highest BCUT2D eigenvalue weighted by Gasteiger charge is 2.30. The second kappa shape index (κ2) is 8.54. The first kappa shape index (κ1) is 20.9. The first-order chi connectivity index (χ1) is 16.0. The summed E-state index contributed by atoms with van der Waals surface area (Å²) >= 11 is 0. The number of pyridine rings is 1. The van der Waals surface area contributed by atoms with E-state index in [4.69, 9.17) is 0 Å². The van der Waals surface area contributed by atoms with E-state index in [1.165, 1.54) is 5.56 Å². The lowest BCUT2D eigenvalue weighted by Crippen LogP contribution is -2.36. The van der Waals surface area contributed by atoms with Crippen molar-refractivity contribution >= 4 is 22.6 Å². The second-order valence-electron chi connectivity index (χ2n) is 8.59. The molecule has 0 unspecified atom stereocenters. The van der Waals surface area contributed by atoms with Gasteiger partial charge in [-0.15, -0.1) is 0 Å². The molecule has 0 saturated carbocycles. The number of rotatable bonds is 6. The summed E-state index contributed by atoms with van der Waals surface area (Å²) in [5.41, 5.74) is 5.83. The van der Waals surface area contributed by atoms with E-state index >= 15 is 0 Å². The summed E-state index contributed by atoms with van der Waals surface area (Å²) in [5, 5.41) is 7.14. The molecule has 5 rings (SSSR count). The Balaban J connectivity index is 1.31. The number of benzene rings is 1. The molecule has 0 fully saturated rings. The molecular weight excluding hydrogens is 416 g/mol. The summed E-state index contributed by atoms with van der Waals surface area (Å²) in [6, 6.07) is 9.56. The SMILES string of the molecule is Cc1ccc(C)c(CNc2ncc3n(c2=O)[C@H](C(=O)NCc2cc4cnccc4[nH]2)CC3)c1. The van der Waals surface area contributed by atoms with Gasteiger partial charge in [0.1, 0.15) is 6.04 Å². The Morgan fingerprint density at radius 1 is 1.18 bits per heavy atom. The maximum Gasteiger partial charge on any atom is 0.294 e. The summed E-state index contributed by atoms with van der Waals surface area (Å²) in [5.74, 6) is 0.0989. The van der Waals surface area contributed by atoms with Crippen molar-refractivity contribution in [1.82, 2.24) is 24.8 Å². The Bertz CT molecular complexity index is 1370. The zero-order chi connectivity index (χ0) is 22.9. The number of aromatic amines is 1. The van der Waals surface area contributed by atoms with E-state index in [2.05, 4.69) is 43.8 Å². The molecule has 3 aromatic heterocycles. The number of carbonyl (C=O) groups excluding carboxylic acids is 1. The van der Waals surface area contributed by atoms with Gasteiger partial charge in [-0.1, -0.05) is 23.8 Å². The van der Waals surface area contributed by atoms with Crippen LogP contribution < -0.4 is 16.2 Å². The van der Waals surface area contributed by atoms with Gasteiger partial charge in [0.25, 0.3) is 5.56 Å². The van der Waals surface area contributed by atoms with Crippen LogP contribution in [0.15, 0.2) is 53.7 Å². The van der Waals surface area contributed by atoms with Crippen molar-refractivity contribution < 1.29 is 4.79 Å². The summed E-state index contributed by atoms with van der Waals surface area (Å²) < 4.78 is 1.59. The molecule has 1 aromatic carbocycles. The Hall–Kier alpha value is -3.94. The van der Waals surface area contributed by atoms with Gasteiger partial charge in [0.05, 0.1) is 6.54 Å². The van der Waals surface area contributed by atoms with E-state index in [1.807, 2.05) is 26.0 Å². The van der Waals surface area contributed by atoms with Crippen LogP contribution in [0.5, 0.6) is 0 Å². The standard InChI is InChI=1S/C25H26N6O2/c1-15-3-4-16(2)17(9-15)12-27-23-25(33)31-20(14-28-23)5-6-22(31)24(32)29-13-19-10-18-11-26-8-7-21(18)30-19/h3-4,7-11,14,22,30H,5-6,12-13H2,1-2H3,(H,27,28)(H,29,32)/t22-/m0/s1. The minimum absolute atomic E-state index is 0.167. The fourth-order valence-corrected chi connectivity index (χ4v) is 4.41. The number of nitrogens with zero attached hydrogens (tertiary/aromatic N) is 3. The van der Waals surface area contributed by atoms with E-state index in [0.717, 1.165) is 33.4 Å². The summed E-state index contributed by atoms with van der Waals surface area (Å²) in [7, 11) is 0. The molecule has 33 heavy (non-hydrogen) atoms. The largest absolute Gasteiger partial charge is 0.361 e. The van der Waals surface area contributed by atoms with Gasteiger partial charge < -0.3 is 15.6 Å². The van der Waals surface area contributed by atoms with Gasteiger partial charge in [-0.3, -0.25) is 19.1 Å². The van der Waals surface area contributed by atoms with Crippen LogP contribution in [0.2, 0.25) is 0 Å². The van der Waals surface area contributed by atoms with Crippen LogP contribution >= 0.6 is 0 Å². The number of aromatic nitrogens is 4. The lowest BCUT2D eigenvalue weighted by molar-refractivity contribution is -0.124. The number of hydrogen-bond donors (Lipinski definition) is 3. The first-order valence-electron chi connectivity index (χ1n) is 11.1. The predicted molar refractivity (Wildman–Crippen MR) is 127 cm³/mol. The first-order valence-corrected chi connectivity index (χ1v) is 11.1. The molecule has 0 radical (unpaired) electrons. The molecule has 8 nitrogen and oxygen atoms in total. The lowest BCUT2D eigenvalue weighted by atomic mass is 10.1. The molecule has 1 atom stereocenters. The van der Waals surface area contributed by atoms with Gasteiger partial charge in [-0.25, -0.2) is 4.98 Å². The lowest BCUT2D eigenvalue weighted by Gasteiger charge is -2.16. The smallest absolute Gasteiger partial charge is 0.294 e. The Labute approximate surface area is 191 Å². The number of hydrogen-bond acceptors (Lipinski definition) is 5. The third-order valence-electron chi connectivity index (χ3n) is 6.24. The van der Waals surface area contributed by atoms with Crippen LogP contribution in [-0.4, -0.2) is 25.4 Å². The molecule has 0 aliphatic carbocycles. The molecule has 0 spiro atoms. The minimum atomic E-state index is -0.539. The third kappa shape index (κ3) is 4.11. The Morgan fingerprint density at radius 3 is 2.91 bits per heavy atom. The van der Waals surface area contributed by atoms with E-state index in [0.29, 0.717) is 25.9 Å². The van der Waals surface area contributed by atoms with Crippen molar-refractivity contribution in [2.75, 3.05) is 5.32 Å². The highest BCUT2D eigenvalue weighted by Crippen LogP contribution is 2.24. The molecule has 1 aliphatic rings. The van der Waals surface area contributed by atoms with Gasteiger partial charge in [-0.05, 0) is 49.9 Å². The van der Waals surface area contributed by atoms with Crippen LogP contribution in [0.1, 0.15) is 40.5 Å². The molecule has 168 valence electrons. The molecular formula is C25H26N6O2. The molecule has 0 bridgehead atoms. The topological polar surface area (TPSA) is 105 Å². The van der Waals surface area contributed by atoms with Gasteiger partial charge in [0.15, 0.2) is 5.82 Å². The number of aryl methyl sites for hydroxylation is 3. The molecule has 4 heterocycles. The number of anilines is 1. The van der Waals surface area contributed by atoms with Crippen molar-refractivity contribution in [3.63, 3.8) is 0 Å². The molecule has 8 heteroatoms. The van der Waals surface area contributed by atoms with Crippen LogP contribution in [-0.2, 0) is 24.3 Å². The summed E-state index contributed by atoms with van der Waals surface area (Å²) in [6.45, 7) is 4.95. The fourth-order valence-electron chi connectivity index (χ4n) is 4.41. The van der Waals surface area contributed by atoms with Crippen molar-refractivity contribution in [1.29, 1.82) is 0 Å². The van der Waals surface area contributed by atoms with Gasteiger partial charge in [-0.2, -0.15) is 0 Å². The molecule has 4 aromatic rings. The van der Waals surface area contributed by atoms with Crippen molar-refractivity contribution in [3.05, 3.63) is 87.4 Å². The molecule has 0 saturated heterocycles. The maximum atomic E-state index is 13.2. The van der Waals surface area contributed by atoms with Crippen molar-refractivity contribution in [3.8, 4) is 0 Å². The van der Waals surface area contributed by atoms with Crippen LogP contribution in [0.3, 0.4) is 0 Å². The zero-order valence-corrected chi connectivity index (χ0v) is 18.7. The molecule has 3 N–H and O–H groups in total. The number of H-pyrrole nitrogens is 1. The third-order valence-corrected chi connectivity index (χ3v) is 6.24. The van der Waals surface area contributed by atoms with Crippen molar-refractivity contribution in [2.24, 2.45) is 0 Å². The minimum Gasteiger partial charge on any atom is -0.361 e. The number of carbonyl (C=O) groups is 1. The van der Waals surface area contributed by atoms with Crippen LogP contribution in [0.25, 0.3) is 10.9 Å². The van der Waals surface area contributed by atoms with E-state index in [-0.39, 0.29) is 17.3 Å². The highest BCUT2D eigenvalue weighted by atomic mass is 16.2. The average Bonchev–Trinajstić information content (AvgIpc) is 3.43. The normalized spacial score (nSPS) is 14.9.